The van der Waals surface area contributed by atoms with Gasteiger partial charge in [0.05, 0.1) is 17.7 Å². The summed E-state index contributed by atoms with van der Waals surface area (Å²) in [5.74, 6) is 0.761. The zero-order valence-electron chi connectivity index (χ0n) is 13.5. The van der Waals surface area contributed by atoms with Gasteiger partial charge in [0.2, 0.25) is 11.2 Å². The average molecular weight is 343 g/mol. The number of aromatic nitrogens is 3. The molecule has 2 heterocycles. The molecule has 1 saturated carbocycles. The van der Waals surface area contributed by atoms with Crippen molar-refractivity contribution in [1.82, 2.24) is 20.1 Å². The Morgan fingerprint density at radius 3 is 2.96 bits per heavy atom. The van der Waals surface area contributed by atoms with Crippen LogP contribution in [0.2, 0.25) is 5.28 Å². The van der Waals surface area contributed by atoms with Crippen molar-refractivity contribution in [3.63, 3.8) is 0 Å². The minimum atomic E-state index is -0.208. The molecule has 1 aliphatic heterocycles. The van der Waals surface area contributed by atoms with Crippen LogP contribution in [0.5, 0.6) is 0 Å². The van der Waals surface area contributed by atoms with Gasteiger partial charge < -0.3 is 14.4 Å². The van der Waals surface area contributed by atoms with Crippen LogP contribution in [0, 0.1) is 0 Å². The van der Waals surface area contributed by atoms with Crippen molar-refractivity contribution in [1.29, 1.82) is 0 Å². The van der Waals surface area contributed by atoms with E-state index in [-0.39, 0.29) is 28.9 Å². The van der Waals surface area contributed by atoms with E-state index in [1.807, 2.05) is 4.90 Å². The van der Waals surface area contributed by atoms with Crippen molar-refractivity contribution in [3.05, 3.63) is 11.1 Å². The van der Waals surface area contributed by atoms with Crippen LogP contribution in [0.3, 0.4) is 0 Å². The summed E-state index contributed by atoms with van der Waals surface area (Å²) in [6, 6.07) is 0.0945. The first-order chi connectivity index (χ1) is 11.1. The number of fused-ring (bicyclic) bond motifs is 1. The SMILES string of the molecule is CO[C@@H]1CC[C@@]2(OC)CCN(C(=O)CCc3nc(Cl)n[nH]3)[C@H]2C1. The van der Waals surface area contributed by atoms with E-state index >= 15 is 0 Å². The van der Waals surface area contributed by atoms with Crippen molar-refractivity contribution in [2.45, 2.75) is 56.3 Å². The van der Waals surface area contributed by atoms with Gasteiger partial charge in [-0.05, 0) is 37.3 Å². The van der Waals surface area contributed by atoms with E-state index in [0.717, 1.165) is 32.2 Å². The molecule has 1 aromatic heterocycles. The molecular formula is C15H23ClN4O3. The standard InChI is InChI=1S/C15H23ClN4O3/c1-22-10-5-6-15(23-2)7-8-20(11(15)9-10)13(21)4-3-12-17-14(16)19-18-12/h10-11H,3-9H2,1-2H3,(H,17,18,19)/t10-,11+,15-/m1/s1. The smallest absolute Gasteiger partial charge is 0.242 e. The molecule has 2 fully saturated rings. The van der Waals surface area contributed by atoms with Gasteiger partial charge in [-0.1, -0.05) is 0 Å². The molecule has 0 radical (unpaired) electrons. The Morgan fingerprint density at radius 2 is 2.30 bits per heavy atom. The number of nitrogens with zero attached hydrogens (tertiary/aromatic N) is 3. The number of halogens is 1. The second kappa shape index (κ2) is 6.75. The molecule has 128 valence electrons. The lowest BCUT2D eigenvalue weighted by atomic mass is 9.79. The summed E-state index contributed by atoms with van der Waals surface area (Å²) in [7, 11) is 3.49. The summed E-state index contributed by atoms with van der Waals surface area (Å²) < 4.78 is 11.4. The lowest BCUT2D eigenvalue weighted by molar-refractivity contribution is -0.140. The number of H-pyrrole nitrogens is 1. The number of aromatic amines is 1. The third-order valence-corrected chi connectivity index (χ3v) is 5.44. The molecule has 23 heavy (non-hydrogen) atoms. The summed E-state index contributed by atoms with van der Waals surface area (Å²) in [5.41, 5.74) is -0.208. The fourth-order valence-corrected chi connectivity index (χ4v) is 4.07. The quantitative estimate of drug-likeness (QED) is 0.878. The number of carbonyl (C=O) groups is 1. The van der Waals surface area contributed by atoms with E-state index in [9.17, 15) is 4.79 Å². The van der Waals surface area contributed by atoms with E-state index in [1.54, 1.807) is 14.2 Å². The van der Waals surface area contributed by atoms with E-state index < -0.39 is 0 Å². The molecule has 3 rings (SSSR count). The van der Waals surface area contributed by atoms with E-state index in [0.29, 0.717) is 18.7 Å². The third-order valence-electron chi connectivity index (χ3n) is 5.28. The summed E-state index contributed by atoms with van der Waals surface area (Å²) in [6.07, 6.45) is 4.75. The zero-order valence-corrected chi connectivity index (χ0v) is 14.3. The number of likely N-dealkylation sites (tertiary alicyclic amines) is 1. The Labute approximate surface area is 140 Å². The van der Waals surface area contributed by atoms with E-state index in [4.69, 9.17) is 21.1 Å². The summed E-state index contributed by atoms with van der Waals surface area (Å²) in [4.78, 5) is 18.7. The van der Waals surface area contributed by atoms with Crippen molar-refractivity contribution in [2.24, 2.45) is 0 Å². The molecule has 1 aromatic rings. The molecule has 1 N–H and O–H groups in total. The number of hydrogen-bond donors (Lipinski definition) is 1. The van der Waals surface area contributed by atoms with Crippen LogP contribution in [0.25, 0.3) is 0 Å². The second-order valence-corrected chi connectivity index (χ2v) is 6.64. The van der Waals surface area contributed by atoms with Gasteiger partial charge in [-0.15, -0.1) is 5.10 Å². The zero-order chi connectivity index (χ0) is 16.4. The summed E-state index contributed by atoms with van der Waals surface area (Å²) in [6.45, 7) is 0.741. The second-order valence-electron chi connectivity index (χ2n) is 6.31. The highest BCUT2D eigenvalue weighted by molar-refractivity contribution is 6.28. The molecule has 8 heteroatoms. The monoisotopic (exact) mass is 342 g/mol. The number of ether oxygens (including phenoxy) is 2. The molecule has 1 amide bonds. The van der Waals surface area contributed by atoms with Crippen molar-refractivity contribution < 1.29 is 14.3 Å². The van der Waals surface area contributed by atoms with Gasteiger partial charge in [0, 0.05) is 33.6 Å². The number of carbonyl (C=O) groups excluding carboxylic acids is 1. The number of aryl methyl sites for hydroxylation is 1. The van der Waals surface area contributed by atoms with Gasteiger partial charge >= 0.3 is 0 Å². The maximum absolute atomic E-state index is 12.7. The van der Waals surface area contributed by atoms with Crippen molar-refractivity contribution in [3.8, 4) is 0 Å². The number of amides is 1. The lowest BCUT2D eigenvalue weighted by Crippen LogP contribution is -2.53. The van der Waals surface area contributed by atoms with Crippen LogP contribution in [0.4, 0.5) is 0 Å². The number of hydrogen-bond acceptors (Lipinski definition) is 5. The fourth-order valence-electron chi connectivity index (χ4n) is 3.93. The van der Waals surface area contributed by atoms with Crippen LogP contribution < -0.4 is 0 Å². The molecule has 0 spiro atoms. The van der Waals surface area contributed by atoms with Crippen LogP contribution in [0.1, 0.15) is 37.9 Å². The van der Waals surface area contributed by atoms with Crippen molar-refractivity contribution in [2.75, 3.05) is 20.8 Å². The Kier molecular flexibility index (Phi) is 4.89. The Balaban J connectivity index is 1.65. The molecular weight excluding hydrogens is 320 g/mol. The molecule has 0 unspecified atom stereocenters. The highest BCUT2D eigenvalue weighted by Crippen LogP contribution is 2.43. The van der Waals surface area contributed by atoms with Gasteiger partial charge in [0.25, 0.3) is 0 Å². The first kappa shape index (κ1) is 16.7. The number of methoxy groups -OCH3 is 2. The maximum Gasteiger partial charge on any atom is 0.242 e. The Morgan fingerprint density at radius 1 is 1.48 bits per heavy atom. The Hall–Kier alpha value is -1.18. The molecule has 1 saturated heterocycles. The van der Waals surface area contributed by atoms with E-state index in [2.05, 4.69) is 15.2 Å². The minimum Gasteiger partial charge on any atom is -0.381 e. The first-order valence-electron chi connectivity index (χ1n) is 8.02. The van der Waals surface area contributed by atoms with Gasteiger partial charge in [0.1, 0.15) is 5.82 Å². The predicted octanol–water partition coefficient (Wildman–Crippen LogP) is 1.58. The molecule has 1 aliphatic carbocycles. The molecule has 2 aliphatic rings. The highest BCUT2D eigenvalue weighted by Gasteiger charge is 2.52. The maximum atomic E-state index is 12.7. The minimum absolute atomic E-state index is 0.0945. The number of rotatable bonds is 5. The predicted molar refractivity (Wildman–Crippen MR) is 84.2 cm³/mol. The average Bonchev–Trinajstić information content (AvgIpc) is 3.15. The van der Waals surface area contributed by atoms with E-state index in [1.165, 1.54) is 0 Å². The molecule has 3 atom stereocenters. The highest BCUT2D eigenvalue weighted by atomic mass is 35.5. The van der Waals surface area contributed by atoms with Gasteiger partial charge in [0.15, 0.2) is 0 Å². The topological polar surface area (TPSA) is 80.3 Å². The van der Waals surface area contributed by atoms with Gasteiger partial charge in [-0.2, -0.15) is 0 Å². The molecule has 7 nitrogen and oxygen atoms in total. The molecule has 0 bridgehead atoms. The van der Waals surface area contributed by atoms with Gasteiger partial charge in [-0.3, -0.25) is 9.89 Å². The normalized spacial score (nSPS) is 30.5. The lowest BCUT2D eigenvalue weighted by Gasteiger charge is -2.43. The largest absolute Gasteiger partial charge is 0.381 e. The summed E-state index contributed by atoms with van der Waals surface area (Å²) >= 11 is 5.68. The van der Waals surface area contributed by atoms with Gasteiger partial charge in [-0.25, -0.2) is 4.98 Å². The third kappa shape index (κ3) is 3.22. The van der Waals surface area contributed by atoms with Crippen LogP contribution in [-0.2, 0) is 20.7 Å². The number of nitrogens with one attached hydrogen (secondary N) is 1. The fraction of sp³-hybridized carbons (Fsp3) is 0.800. The molecule has 0 aromatic carbocycles. The van der Waals surface area contributed by atoms with Crippen LogP contribution >= 0.6 is 11.6 Å². The first-order valence-corrected chi connectivity index (χ1v) is 8.40. The van der Waals surface area contributed by atoms with Crippen LogP contribution in [0.15, 0.2) is 0 Å². The van der Waals surface area contributed by atoms with Crippen LogP contribution in [-0.4, -0.2) is 64.5 Å². The summed E-state index contributed by atoms with van der Waals surface area (Å²) in [5, 5.41) is 6.69. The Bertz CT molecular complexity index is 567. The van der Waals surface area contributed by atoms with Crippen molar-refractivity contribution >= 4 is 17.5 Å².